The number of carbonyl (C=O) groups excluding carboxylic acids is 1. The van der Waals surface area contributed by atoms with E-state index in [1.165, 1.54) is 0 Å². The van der Waals surface area contributed by atoms with Crippen molar-refractivity contribution in [3.8, 4) is 5.75 Å². The first kappa shape index (κ1) is 18.4. The minimum absolute atomic E-state index is 0.110. The number of aryl methyl sites for hydroxylation is 2. The number of anilines is 3. The summed E-state index contributed by atoms with van der Waals surface area (Å²) in [4.78, 5) is 21.0. The molecule has 2 N–H and O–H groups in total. The largest absolute Gasteiger partial charge is 0.491 e. The van der Waals surface area contributed by atoms with Gasteiger partial charge in [0.1, 0.15) is 17.2 Å². The fourth-order valence-electron chi connectivity index (χ4n) is 2.36. The van der Waals surface area contributed by atoms with Crippen molar-refractivity contribution < 1.29 is 14.1 Å². The predicted molar refractivity (Wildman–Crippen MR) is 101 cm³/mol. The lowest BCUT2D eigenvalue weighted by atomic mass is 10.3. The van der Waals surface area contributed by atoms with Gasteiger partial charge in [0.2, 0.25) is 5.95 Å². The van der Waals surface area contributed by atoms with Gasteiger partial charge in [-0.15, -0.1) is 0 Å². The summed E-state index contributed by atoms with van der Waals surface area (Å²) in [6, 6.07) is 10.7. The van der Waals surface area contributed by atoms with Crippen LogP contribution in [0.25, 0.3) is 0 Å². The number of hydrogen-bond acceptors (Lipinski definition) is 7. The number of rotatable bonds is 6. The van der Waals surface area contributed by atoms with Crippen molar-refractivity contribution in [2.24, 2.45) is 0 Å². The highest BCUT2D eigenvalue weighted by atomic mass is 16.5. The quantitative estimate of drug-likeness (QED) is 0.682. The van der Waals surface area contributed by atoms with E-state index in [1.807, 2.05) is 38.1 Å². The van der Waals surface area contributed by atoms with E-state index in [2.05, 4.69) is 25.8 Å². The zero-order valence-electron chi connectivity index (χ0n) is 15.6. The van der Waals surface area contributed by atoms with Crippen molar-refractivity contribution in [2.45, 2.75) is 33.8 Å². The van der Waals surface area contributed by atoms with E-state index in [9.17, 15) is 4.79 Å². The van der Waals surface area contributed by atoms with Crippen molar-refractivity contribution >= 4 is 23.4 Å². The molecule has 1 amide bonds. The van der Waals surface area contributed by atoms with Crippen LogP contribution in [-0.2, 0) is 0 Å². The molecule has 0 atom stereocenters. The molecule has 0 saturated heterocycles. The number of nitrogens with one attached hydrogen (secondary N) is 2. The molecule has 27 heavy (non-hydrogen) atoms. The summed E-state index contributed by atoms with van der Waals surface area (Å²) in [6.07, 6.45) is 0.110. The van der Waals surface area contributed by atoms with Crippen LogP contribution >= 0.6 is 0 Å². The molecule has 0 aliphatic rings. The van der Waals surface area contributed by atoms with Gasteiger partial charge in [-0.3, -0.25) is 4.79 Å². The third-order valence-electron chi connectivity index (χ3n) is 3.44. The molecule has 0 aliphatic heterocycles. The summed E-state index contributed by atoms with van der Waals surface area (Å²) in [5, 5.41) is 9.49. The van der Waals surface area contributed by atoms with Gasteiger partial charge in [0.05, 0.1) is 6.10 Å². The second-order valence-electron chi connectivity index (χ2n) is 6.31. The maximum atomic E-state index is 12.4. The van der Waals surface area contributed by atoms with Crippen LogP contribution < -0.4 is 15.4 Å². The molecule has 3 aromatic rings. The molecular formula is C19H21N5O3. The van der Waals surface area contributed by atoms with Crippen LogP contribution in [0.2, 0.25) is 0 Å². The summed E-state index contributed by atoms with van der Waals surface area (Å²) >= 11 is 0. The van der Waals surface area contributed by atoms with Gasteiger partial charge >= 0.3 is 0 Å². The van der Waals surface area contributed by atoms with Crippen LogP contribution in [0.5, 0.6) is 5.75 Å². The van der Waals surface area contributed by atoms with Gasteiger partial charge in [-0.25, -0.2) is 9.97 Å². The van der Waals surface area contributed by atoms with Gasteiger partial charge in [0, 0.05) is 17.4 Å². The number of hydrogen-bond donors (Lipinski definition) is 2. The van der Waals surface area contributed by atoms with E-state index in [-0.39, 0.29) is 11.8 Å². The maximum Gasteiger partial charge on any atom is 0.275 e. The fraction of sp³-hybridized carbons (Fsp3) is 0.263. The van der Waals surface area contributed by atoms with Gasteiger partial charge in [-0.2, -0.15) is 0 Å². The van der Waals surface area contributed by atoms with Gasteiger partial charge < -0.3 is 19.9 Å². The monoisotopic (exact) mass is 367 g/mol. The van der Waals surface area contributed by atoms with E-state index < -0.39 is 5.91 Å². The van der Waals surface area contributed by atoms with Crippen molar-refractivity contribution in [1.82, 2.24) is 15.1 Å². The molecule has 0 saturated carbocycles. The Hall–Kier alpha value is -3.42. The standard InChI is InChI=1S/C19H21N5O3/c1-11(2)26-15-7-5-14(6-8-15)21-19-20-12(3)9-16(22-19)18(25)23-17-10-13(4)27-24-17/h5-11H,1-4H3,(H,20,21,22)(H,23,24,25). The van der Waals surface area contributed by atoms with Crippen LogP contribution in [0.4, 0.5) is 17.5 Å². The lowest BCUT2D eigenvalue weighted by Crippen LogP contribution is -2.15. The Labute approximate surface area is 157 Å². The second-order valence-corrected chi connectivity index (χ2v) is 6.31. The number of aromatic nitrogens is 3. The Bertz CT molecular complexity index is 935. The van der Waals surface area contributed by atoms with Crippen LogP contribution in [0, 0.1) is 13.8 Å². The molecule has 0 unspecified atom stereocenters. The first-order chi connectivity index (χ1) is 12.9. The summed E-state index contributed by atoms with van der Waals surface area (Å²) in [7, 11) is 0. The highest BCUT2D eigenvalue weighted by Gasteiger charge is 2.13. The second kappa shape index (κ2) is 7.86. The highest BCUT2D eigenvalue weighted by molar-refractivity contribution is 6.02. The number of nitrogens with zero attached hydrogens (tertiary/aromatic N) is 3. The van der Waals surface area contributed by atoms with E-state index >= 15 is 0 Å². The molecule has 2 heterocycles. The summed E-state index contributed by atoms with van der Waals surface area (Å²) in [5.74, 6) is 1.66. The molecule has 1 aromatic carbocycles. The molecule has 0 radical (unpaired) electrons. The van der Waals surface area contributed by atoms with Crippen molar-refractivity contribution in [3.05, 3.63) is 53.5 Å². The van der Waals surface area contributed by atoms with Crippen molar-refractivity contribution in [1.29, 1.82) is 0 Å². The SMILES string of the molecule is Cc1cc(C(=O)Nc2cc(C)on2)nc(Nc2ccc(OC(C)C)cc2)n1. The van der Waals surface area contributed by atoms with Crippen molar-refractivity contribution in [2.75, 3.05) is 10.6 Å². The predicted octanol–water partition coefficient (Wildman–Crippen LogP) is 3.86. The normalized spacial score (nSPS) is 10.7. The highest BCUT2D eigenvalue weighted by Crippen LogP contribution is 2.20. The third-order valence-corrected chi connectivity index (χ3v) is 3.44. The lowest BCUT2D eigenvalue weighted by molar-refractivity contribution is 0.102. The zero-order valence-corrected chi connectivity index (χ0v) is 15.6. The van der Waals surface area contributed by atoms with E-state index in [0.29, 0.717) is 23.2 Å². The molecular weight excluding hydrogens is 346 g/mol. The number of benzene rings is 1. The van der Waals surface area contributed by atoms with E-state index in [4.69, 9.17) is 9.26 Å². The average Bonchev–Trinajstić information content (AvgIpc) is 3.00. The fourth-order valence-corrected chi connectivity index (χ4v) is 2.36. The molecule has 2 aromatic heterocycles. The third kappa shape index (κ3) is 5.04. The molecule has 8 nitrogen and oxygen atoms in total. The van der Waals surface area contributed by atoms with E-state index in [0.717, 1.165) is 11.4 Å². The lowest BCUT2D eigenvalue weighted by Gasteiger charge is -2.11. The molecule has 8 heteroatoms. The van der Waals surface area contributed by atoms with Gasteiger partial charge in [0.15, 0.2) is 5.82 Å². The van der Waals surface area contributed by atoms with Gasteiger partial charge in [0.25, 0.3) is 5.91 Å². The number of carbonyl (C=O) groups is 1. The molecule has 0 spiro atoms. The molecule has 140 valence electrons. The number of amides is 1. The first-order valence-corrected chi connectivity index (χ1v) is 8.53. The van der Waals surface area contributed by atoms with Crippen LogP contribution in [0.15, 0.2) is 40.9 Å². The molecule has 3 rings (SSSR count). The summed E-state index contributed by atoms with van der Waals surface area (Å²) in [5.41, 5.74) is 1.68. The Morgan fingerprint density at radius 3 is 2.48 bits per heavy atom. The number of ether oxygens (including phenoxy) is 1. The molecule has 0 bridgehead atoms. The van der Waals surface area contributed by atoms with Crippen molar-refractivity contribution in [3.63, 3.8) is 0 Å². The Kier molecular flexibility index (Phi) is 5.35. The van der Waals surface area contributed by atoms with E-state index in [1.54, 1.807) is 26.0 Å². The Morgan fingerprint density at radius 2 is 1.85 bits per heavy atom. The minimum atomic E-state index is -0.391. The smallest absolute Gasteiger partial charge is 0.275 e. The average molecular weight is 367 g/mol. The van der Waals surface area contributed by atoms with Crippen LogP contribution in [-0.4, -0.2) is 27.1 Å². The Balaban J connectivity index is 1.73. The molecule has 0 aliphatic carbocycles. The topological polar surface area (TPSA) is 102 Å². The van der Waals surface area contributed by atoms with Crippen LogP contribution in [0.1, 0.15) is 35.8 Å². The first-order valence-electron chi connectivity index (χ1n) is 8.53. The van der Waals surface area contributed by atoms with Gasteiger partial charge in [-0.1, -0.05) is 5.16 Å². The summed E-state index contributed by atoms with van der Waals surface area (Å²) in [6.45, 7) is 7.49. The minimum Gasteiger partial charge on any atom is -0.491 e. The van der Waals surface area contributed by atoms with Crippen LogP contribution in [0.3, 0.4) is 0 Å². The zero-order chi connectivity index (χ0) is 19.4. The van der Waals surface area contributed by atoms with Gasteiger partial charge in [-0.05, 0) is 58.0 Å². The summed E-state index contributed by atoms with van der Waals surface area (Å²) < 4.78 is 10.6. The Morgan fingerprint density at radius 1 is 1.11 bits per heavy atom. The molecule has 0 fully saturated rings. The maximum absolute atomic E-state index is 12.4.